The molecular weight excluding hydrogens is 246 g/mol. The average molecular weight is 257 g/mol. The molecule has 0 radical (unpaired) electrons. The molecule has 18 heavy (non-hydrogen) atoms. The van der Waals surface area contributed by atoms with Crippen LogP contribution in [-0.2, 0) is 7.05 Å². The highest BCUT2D eigenvalue weighted by molar-refractivity contribution is 7.13. The second-order valence-corrected chi connectivity index (χ2v) is 4.82. The van der Waals surface area contributed by atoms with E-state index in [1.807, 2.05) is 30.8 Å². The van der Waals surface area contributed by atoms with Gasteiger partial charge in [-0.25, -0.2) is 4.98 Å². The van der Waals surface area contributed by atoms with Crippen molar-refractivity contribution in [2.75, 3.05) is 0 Å². The summed E-state index contributed by atoms with van der Waals surface area (Å²) in [6.07, 6.45) is 3.70. The molecule has 2 heterocycles. The van der Waals surface area contributed by atoms with Gasteiger partial charge in [0.1, 0.15) is 10.8 Å². The van der Waals surface area contributed by atoms with E-state index in [1.165, 1.54) is 11.3 Å². The molecule has 0 aliphatic rings. The van der Waals surface area contributed by atoms with E-state index in [4.69, 9.17) is 0 Å². The molecule has 0 amide bonds. The van der Waals surface area contributed by atoms with Crippen molar-refractivity contribution in [1.82, 2.24) is 14.8 Å². The second kappa shape index (κ2) is 4.27. The van der Waals surface area contributed by atoms with Crippen molar-refractivity contribution in [3.8, 4) is 27.6 Å². The first-order valence-corrected chi connectivity index (χ1v) is 6.35. The molecule has 0 saturated carbocycles. The van der Waals surface area contributed by atoms with Gasteiger partial charge < -0.3 is 5.11 Å². The fourth-order valence-electron chi connectivity index (χ4n) is 1.74. The summed E-state index contributed by atoms with van der Waals surface area (Å²) >= 11 is 1.51. The van der Waals surface area contributed by atoms with Crippen molar-refractivity contribution in [1.29, 1.82) is 0 Å². The normalized spacial score (nSPS) is 10.7. The molecule has 0 aliphatic carbocycles. The van der Waals surface area contributed by atoms with E-state index in [9.17, 15) is 5.11 Å². The topological polar surface area (TPSA) is 50.9 Å². The molecule has 0 atom stereocenters. The van der Waals surface area contributed by atoms with Crippen LogP contribution in [0.3, 0.4) is 0 Å². The summed E-state index contributed by atoms with van der Waals surface area (Å²) in [4.78, 5) is 4.53. The van der Waals surface area contributed by atoms with Gasteiger partial charge in [-0.05, 0) is 12.1 Å². The number of para-hydroxylation sites is 1. The minimum Gasteiger partial charge on any atom is -0.507 e. The Kier molecular flexibility index (Phi) is 2.60. The molecule has 2 aromatic heterocycles. The molecular formula is C13H11N3OS. The first-order valence-electron chi connectivity index (χ1n) is 5.47. The zero-order chi connectivity index (χ0) is 12.5. The van der Waals surface area contributed by atoms with Gasteiger partial charge in [0.25, 0.3) is 0 Å². The smallest absolute Gasteiger partial charge is 0.127 e. The minimum absolute atomic E-state index is 0.254. The number of hydrogen-bond acceptors (Lipinski definition) is 4. The van der Waals surface area contributed by atoms with Gasteiger partial charge in [0.15, 0.2) is 0 Å². The van der Waals surface area contributed by atoms with Crippen LogP contribution < -0.4 is 0 Å². The molecule has 5 heteroatoms. The van der Waals surface area contributed by atoms with Gasteiger partial charge in [-0.15, -0.1) is 11.3 Å². The number of phenolic OH excluding ortho intramolecular Hbond substituents is 1. The molecule has 0 unspecified atom stereocenters. The van der Waals surface area contributed by atoms with Crippen molar-refractivity contribution in [2.24, 2.45) is 7.05 Å². The number of nitrogens with zero attached hydrogens (tertiary/aromatic N) is 3. The summed E-state index contributed by atoms with van der Waals surface area (Å²) in [6.45, 7) is 0. The standard InChI is InChI=1S/C13H11N3OS/c1-16-7-9(6-14-16)11-8-18-13(15-11)10-4-2-3-5-12(10)17/h2-8,17H,1H3. The maximum atomic E-state index is 9.80. The van der Waals surface area contributed by atoms with Crippen molar-refractivity contribution in [3.63, 3.8) is 0 Å². The van der Waals surface area contributed by atoms with Gasteiger partial charge in [-0.3, -0.25) is 4.68 Å². The number of hydrogen-bond donors (Lipinski definition) is 1. The first kappa shape index (κ1) is 11.0. The largest absolute Gasteiger partial charge is 0.507 e. The van der Waals surface area contributed by atoms with Crippen LogP contribution in [0.1, 0.15) is 0 Å². The Hall–Kier alpha value is -2.14. The van der Waals surface area contributed by atoms with Gasteiger partial charge >= 0.3 is 0 Å². The molecule has 1 N–H and O–H groups in total. The third-order valence-corrected chi connectivity index (χ3v) is 3.51. The molecule has 0 fully saturated rings. The summed E-state index contributed by atoms with van der Waals surface area (Å²) in [5, 5.41) is 16.7. The van der Waals surface area contributed by atoms with Gasteiger partial charge in [0.2, 0.25) is 0 Å². The molecule has 0 saturated heterocycles. The SMILES string of the molecule is Cn1cc(-c2csc(-c3ccccc3O)n2)cn1. The van der Waals surface area contributed by atoms with Gasteiger partial charge in [-0.2, -0.15) is 5.10 Å². The first-order chi connectivity index (χ1) is 8.74. The number of phenols is 1. The van der Waals surface area contributed by atoms with Crippen LogP contribution in [0.15, 0.2) is 42.0 Å². The van der Waals surface area contributed by atoms with Crippen LogP contribution in [0.2, 0.25) is 0 Å². The number of benzene rings is 1. The number of aromatic hydroxyl groups is 1. The lowest BCUT2D eigenvalue weighted by molar-refractivity contribution is 0.477. The maximum absolute atomic E-state index is 9.80. The van der Waals surface area contributed by atoms with E-state index in [-0.39, 0.29) is 5.75 Å². The lowest BCUT2D eigenvalue weighted by atomic mass is 10.2. The Morgan fingerprint density at radius 1 is 1.28 bits per heavy atom. The lowest BCUT2D eigenvalue weighted by Gasteiger charge is -1.98. The third-order valence-electron chi connectivity index (χ3n) is 2.64. The van der Waals surface area contributed by atoms with Gasteiger partial charge in [0, 0.05) is 24.2 Å². The van der Waals surface area contributed by atoms with Crippen LogP contribution in [0.25, 0.3) is 21.8 Å². The van der Waals surface area contributed by atoms with Crippen molar-refractivity contribution in [3.05, 3.63) is 42.0 Å². The second-order valence-electron chi connectivity index (χ2n) is 3.96. The molecule has 3 rings (SSSR count). The summed E-state index contributed by atoms with van der Waals surface area (Å²) in [6, 6.07) is 7.22. The molecule has 1 aromatic carbocycles. The highest BCUT2D eigenvalue weighted by Gasteiger charge is 2.10. The number of rotatable bonds is 2. The van der Waals surface area contributed by atoms with Crippen LogP contribution in [-0.4, -0.2) is 19.9 Å². The summed E-state index contributed by atoms with van der Waals surface area (Å²) in [7, 11) is 1.87. The van der Waals surface area contributed by atoms with Gasteiger partial charge in [0.05, 0.1) is 17.5 Å². The fraction of sp³-hybridized carbons (Fsp3) is 0.0769. The zero-order valence-electron chi connectivity index (χ0n) is 9.74. The minimum atomic E-state index is 0.254. The summed E-state index contributed by atoms with van der Waals surface area (Å²) < 4.78 is 1.74. The quantitative estimate of drug-likeness (QED) is 0.768. The molecule has 0 aliphatic heterocycles. The van der Waals surface area contributed by atoms with E-state index in [2.05, 4.69) is 10.1 Å². The van der Waals surface area contributed by atoms with Crippen molar-refractivity contribution < 1.29 is 5.11 Å². The Labute approximate surface area is 108 Å². The monoisotopic (exact) mass is 257 g/mol. The van der Waals surface area contributed by atoms with E-state index >= 15 is 0 Å². The predicted molar refractivity (Wildman–Crippen MR) is 71.4 cm³/mol. The Morgan fingerprint density at radius 2 is 2.11 bits per heavy atom. The Morgan fingerprint density at radius 3 is 2.83 bits per heavy atom. The zero-order valence-corrected chi connectivity index (χ0v) is 10.6. The lowest BCUT2D eigenvalue weighted by Crippen LogP contribution is -1.84. The number of aromatic nitrogens is 3. The number of thiazole rings is 1. The summed E-state index contributed by atoms with van der Waals surface area (Å²) in [5.41, 5.74) is 2.62. The predicted octanol–water partition coefficient (Wildman–Crippen LogP) is 2.92. The van der Waals surface area contributed by atoms with Crippen LogP contribution in [0.5, 0.6) is 5.75 Å². The van der Waals surface area contributed by atoms with E-state index < -0.39 is 0 Å². The van der Waals surface area contributed by atoms with Crippen LogP contribution in [0.4, 0.5) is 0 Å². The molecule has 4 nitrogen and oxygen atoms in total. The van der Waals surface area contributed by atoms with Crippen LogP contribution in [0, 0.1) is 0 Å². The van der Waals surface area contributed by atoms with E-state index in [0.29, 0.717) is 0 Å². The number of aryl methyl sites for hydroxylation is 1. The van der Waals surface area contributed by atoms with Gasteiger partial charge in [-0.1, -0.05) is 12.1 Å². The summed E-state index contributed by atoms with van der Waals surface area (Å²) in [5.74, 6) is 0.254. The molecule has 0 spiro atoms. The maximum Gasteiger partial charge on any atom is 0.127 e. The van der Waals surface area contributed by atoms with E-state index in [0.717, 1.165) is 21.8 Å². The fourth-order valence-corrected chi connectivity index (χ4v) is 2.60. The van der Waals surface area contributed by atoms with Crippen molar-refractivity contribution >= 4 is 11.3 Å². The Balaban J connectivity index is 2.02. The Bertz CT molecular complexity index is 687. The molecule has 3 aromatic rings. The van der Waals surface area contributed by atoms with Crippen LogP contribution >= 0.6 is 11.3 Å². The molecule has 0 bridgehead atoms. The highest BCUT2D eigenvalue weighted by atomic mass is 32.1. The highest BCUT2D eigenvalue weighted by Crippen LogP contribution is 2.33. The molecule has 90 valence electrons. The third kappa shape index (κ3) is 1.89. The van der Waals surface area contributed by atoms with Crippen molar-refractivity contribution in [2.45, 2.75) is 0 Å². The average Bonchev–Trinajstić information content (AvgIpc) is 2.98. The van der Waals surface area contributed by atoms with E-state index in [1.54, 1.807) is 23.0 Å².